The van der Waals surface area contributed by atoms with Crippen molar-refractivity contribution in [1.82, 2.24) is 15.5 Å². The molecule has 0 aliphatic carbocycles. The van der Waals surface area contributed by atoms with Crippen LogP contribution in [0.5, 0.6) is 0 Å². The van der Waals surface area contributed by atoms with Crippen molar-refractivity contribution in [2.24, 2.45) is 4.99 Å². The summed E-state index contributed by atoms with van der Waals surface area (Å²) >= 11 is 0. The van der Waals surface area contributed by atoms with Crippen molar-refractivity contribution >= 4 is 5.96 Å². The van der Waals surface area contributed by atoms with E-state index in [2.05, 4.69) is 27.4 Å². The lowest BCUT2D eigenvalue weighted by atomic mass is 10.1. The maximum Gasteiger partial charge on any atom is 0.191 e. The largest absolute Gasteiger partial charge is 0.357 e. The summed E-state index contributed by atoms with van der Waals surface area (Å²) in [6, 6.07) is 6.76. The number of hydrogen-bond acceptors (Lipinski definition) is 2. The zero-order valence-corrected chi connectivity index (χ0v) is 14.2. The van der Waals surface area contributed by atoms with Crippen LogP contribution < -0.4 is 10.6 Å². The monoisotopic (exact) mass is 320 g/mol. The Kier molecular flexibility index (Phi) is 7.87. The van der Waals surface area contributed by atoms with Gasteiger partial charge in [0.15, 0.2) is 5.96 Å². The number of nitrogens with zero attached hydrogens (tertiary/aromatic N) is 2. The topological polar surface area (TPSA) is 39.7 Å². The lowest BCUT2D eigenvalue weighted by Gasteiger charge is -2.25. The highest BCUT2D eigenvalue weighted by Gasteiger charge is 2.08. The first-order valence-electron chi connectivity index (χ1n) is 8.77. The smallest absolute Gasteiger partial charge is 0.191 e. The van der Waals surface area contributed by atoms with Crippen LogP contribution in [0.15, 0.2) is 29.3 Å². The molecule has 1 aliphatic rings. The molecule has 5 heteroatoms. The first kappa shape index (κ1) is 17.7. The number of hydrogen-bond donors (Lipinski definition) is 2. The molecule has 1 saturated heterocycles. The quantitative estimate of drug-likeness (QED) is 0.599. The van der Waals surface area contributed by atoms with Crippen molar-refractivity contribution in [2.45, 2.75) is 32.6 Å². The molecule has 1 aromatic carbocycles. The van der Waals surface area contributed by atoms with Gasteiger partial charge in [0.2, 0.25) is 0 Å². The third kappa shape index (κ3) is 6.99. The van der Waals surface area contributed by atoms with Gasteiger partial charge in [-0.15, -0.1) is 0 Å². The van der Waals surface area contributed by atoms with E-state index in [0.29, 0.717) is 0 Å². The number of piperidine rings is 1. The number of nitrogens with one attached hydrogen (secondary N) is 2. The van der Waals surface area contributed by atoms with Gasteiger partial charge in [-0.25, -0.2) is 4.39 Å². The predicted molar refractivity (Wildman–Crippen MR) is 94.4 cm³/mol. The van der Waals surface area contributed by atoms with Gasteiger partial charge in [0.25, 0.3) is 0 Å². The Balaban J connectivity index is 1.72. The summed E-state index contributed by atoms with van der Waals surface area (Å²) in [5, 5.41) is 6.59. The molecule has 1 fully saturated rings. The van der Waals surface area contributed by atoms with Gasteiger partial charge in [0, 0.05) is 19.6 Å². The molecular weight excluding hydrogens is 291 g/mol. The highest BCUT2D eigenvalue weighted by molar-refractivity contribution is 5.79. The van der Waals surface area contributed by atoms with Crippen LogP contribution in [0.4, 0.5) is 4.39 Å². The van der Waals surface area contributed by atoms with Gasteiger partial charge in [-0.1, -0.05) is 18.6 Å². The van der Waals surface area contributed by atoms with Gasteiger partial charge in [-0.2, -0.15) is 0 Å². The van der Waals surface area contributed by atoms with E-state index in [1.807, 2.05) is 6.07 Å². The third-order valence-corrected chi connectivity index (χ3v) is 4.07. The summed E-state index contributed by atoms with van der Waals surface area (Å²) in [5.41, 5.74) is 1.00. The molecule has 1 heterocycles. The molecule has 0 amide bonds. The van der Waals surface area contributed by atoms with Gasteiger partial charge < -0.3 is 15.5 Å². The fourth-order valence-electron chi connectivity index (χ4n) is 2.85. The van der Waals surface area contributed by atoms with Gasteiger partial charge in [-0.05, 0) is 57.0 Å². The lowest BCUT2D eigenvalue weighted by molar-refractivity contribution is 0.235. The second-order valence-electron chi connectivity index (χ2n) is 5.97. The minimum Gasteiger partial charge on any atom is -0.357 e. The Bertz CT molecular complexity index is 484. The second kappa shape index (κ2) is 10.2. The molecule has 0 atom stereocenters. The van der Waals surface area contributed by atoms with Gasteiger partial charge in [-0.3, -0.25) is 4.99 Å². The Labute approximate surface area is 139 Å². The summed E-state index contributed by atoms with van der Waals surface area (Å²) in [6.45, 7) is 7.91. The molecule has 0 spiro atoms. The minimum atomic E-state index is -0.176. The highest BCUT2D eigenvalue weighted by Crippen LogP contribution is 2.07. The maximum atomic E-state index is 13.2. The van der Waals surface area contributed by atoms with E-state index >= 15 is 0 Å². The fraction of sp³-hybridized carbons (Fsp3) is 0.611. The Morgan fingerprint density at radius 2 is 2.04 bits per heavy atom. The molecule has 23 heavy (non-hydrogen) atoms. The van der Waals surface area contributed by atoms with Crippen LogP contribution in [0.25, 0.3) is 0 Å². The van der Waals surface area contributed by atoms with Gasteiger partial charge in [0.05, 0.1) is 6.54 Å². The van der Waals surface area contributed by atoms with Crippen molar-refractivity contribution in [2.75, 3.05) is 39.3 Å². The van der Waals surface area contributed by atoms with Gasteiger partial charge >= 0.3 is 0 Å². The number of guanidine groups is 1. The van der Waals surface area contributed by atoms with Crippen LogP contribution in [0.3, 0.4) is 0 Å². The van der Waals surface area contributed by atoms with E-state index in [-0.39, 0.29) is 5.82 Å². The number of benzene rings is 1. The van der Waals surface area contributed by atoms with Crippen molar-refractivity contribution in [3.63, 3.8) is 0 Å². The Hall–Kier alpha value is -1.62. The summed E-state index contributed by atoms with van der Waals surface area (Å²) < 4.78 is 13.2. The van der Waals surface area contributed by atoms with Crippen molar-refractivity contribution in [3.05, 3.63) is 35.6 Å². The average molecular weight is 320 g/mol. The first-order chi connectivity index (χ1) is 11.3. The van der Waals surface area contributed by atoms with E-state index in [9.17, 15) is 4.39 Å². The number of halogens is 1. The molecule has 1 aliphatic heterocycles. The zero-order chi connectivity index (χ0) is 16.3. The Morgan fingerprint density at radius 1 is 1.22 bits per heavy atom. The van der Waals surface area contributed by atoms with Crippen LogP contribution in [0, 0.1) is 5.82 Å². The fourth-order valence-corrected chi connectivity index (χ4v) is 2.85. The summed E-state index contributed by atoms with van der Waals surface area (Å²) in [4.78, 5) is 7.12. The molecule has 128 valence electrons. The molecule has 1 aromatic rings. The van der Waals surface area contributed by atoms with Crippen LogP contribution in [-0.2, 0) is 6.42 Å². The van der Waals surface area contributed by atoms with E-state index < -0.39 is 0 Å². The predicted octanol–water partition coefficient (Wildman–Crippen LogP) is 2.41. The highest BCUT2D eigenvalue weighted by atomic mass is 19.1. The average Bonchev–Trinajstić information content (AvgIpc) is 2.56. The normalized spacial score (nSPS) is 16.3. The standard InChI is InChI=1S/C18H29FN4/c1-2-20-18(22-11-14-23-12-4-3-5-13-23)21-10-9-16-7-6-8-17(19)15-16/h6-8,15H,2-5,9-14H2,1H3,(H2,20,21,22). The number of aliphatic imine (C=N–C) groups is 1. The maximum absolute atomic E-state index is 13.2. The SMILES string of the molecule is CCNC(=NCCN1CCCCC1)NCCc1cccc(F)c1. The second-order valence-corrected chi connectivity index (χ2v) is 5.97. The van der Waals surface area contributed by atoms with Crippen molar-refractivity contribution in [1.29, 1.82) is 0 Å². The molecule has 0 aromatic heterocycles. The third-order valence-electron chi connectivity index (χ3n) is 4.07. The van der Waals surface area contributed by atoms with E-state index in [4.69, 9.17) is 0 Å². The molecule has 0 saturated carbocycles. The number of likely N-dealkylation sites (tertiary alicyclic amines) is 1. The van der Waals surface area contributed by atoms with Crippen LogP contribution in [-0.4, -0.2) is 50.1 Å². The minimum absolute atomic E-state index is 0.176. The summed E-state index contributed by atoms with van der Waals surface area (Å²) in [7, 11) is 0. The first-order valence-corrected chi connectivity index (χ1v) is 8.77. The lowest BCUT2D eigenvalue weighted by Crippen LogP contribution is -2.39. The van der Waals surface area contributed by atoms with Crippen molar-refractivity contribution in [3.8, 4) is 0 Å². The summed E-state index contributed by atoms with van der Waals surface area (Å²) in [5.74, 6) is 0.672. The summed E-state index contributed by atoms with van der Waals surface area (Å²) in [6.07, 6.45) is 4.78. The molecule has 4 nitrogen and oxygen atoms in total. The number of rotatable bonds is 7. The molecule has 2 N–H and O–H groups in total. The molecule has 0 bridgehead atoms. The van der Waals surface area contributed by atoms with Crippen LogP contribution in [0.2, 0.25) is 0 Å². The molecular formula is C18H29FN4. The van der Waals surface area contributed by atoms with E-state index in [0.717, 1.165) is 44.1 Å². The van der Waals surface area contributed by atoms with Crippen LogP contribution in [0.1, 0.15) is 31.7 Å². The van der Waals surface area contributed by atoms with E-state index in [1.165, 1.54) is 38.4 Å². The molecule has 2 rings (SSSR count). The van der Waals surface area contributed by atoms with E-state index in [1.54, 1.807) is 12.1 Å². The molecule has 0 radical (unpaired) electrons. The van der Waals surface area contributed by atoms with Crippen LogP contribution >= 0.6 is 0 Å². The Morgan fingerprint density at radius 3 is 2.78 bits per heavy atom. The van der Waals surface area contributed by atoms with Gasteiger partial charge in [0.1, 0.15) is 5.82 Å². The molecule has 0 unspecified atom stereocenters. The zero-order valence-electron chi connectivity index (χ0n) is 14.2. The van der Waals surface area contributed by atoms with Crippen molar-refractivity contribution < 1.29 is 4.39 Å².